The van der Waals surface area contributed by atoms with E-state index in [1.54, 1.807) is 18.4 Å². The van der Waals surface area contributed by atoms with Crippen LogP contribution < -0.4 is 11.0 Å². The first-order chi connectivity index (χ1) is 11.4. The molecular formula is C14H9ClN4O4S. The van der Waals surface area contributed by atoms with Crippen LogP contribution >= 0.6 is 22.9 Å². The van der Waals surface area contributed by atoms with Crippen LogP contribution in [0.5, 0.6) is 0 Å². The van der Waals surface area contributed by atoms with E-state index in [4.69, 9.17) is 11.6 Å². The van der Waals surface area contributed by atoms with Crippen molar-refractivity contribution in [1.82, 2.24) is 9.66 Å². The first-order valence-corrected chi connectivity index (χ1v) is 7.86. The molecule has 2 heterocycles. The van der Waals surface area contributed by atoms with Gasteiger partial charge in [0.2, 0.25) is 0 Å². The van der Waals surface area contributed by atoms with Crippen molar-refractivity contribution >= 4 is 44.7 Å². The lowest BCUT2D eigenvalue weighted by Gasteiger charge is -2.11. The smallest absolute Gasteiger partial charge is 0.267 e. The van der Waals surface area contributed by atoms with Gasteiger partial charge in [-0.25, -0.2) is 9.66 Å². The van der Waals surface area contributed by atoms with Gasteiger partial charge in [-0.2, -0.15) is 0 Å². The number of halogens is 1. The van der Waals surface area contributed by atoms with Crippen molar-refractivity contribution < 1.29 is 9.72 Å². The molecule has 0 unspecified atom stereocenters. The molecule has 0 atom stereocenters. The predicted molar refractivity (Wildman–Crippen MR) is 90.4 cm³/mol. The summed E-state index contributed by atoms with van der Waals surface area (Å²) in [5.74, 6) is -0.386. The minimum atomic E-state index is -0.685. The Morgan fingerprint density at radius 3 is 2.88 bits per heavy atom. The van der Waals surface area contributed by atoms with E-state index in [9.17, 15) is 19.7 Å². The molecule has 0 aliphatic rings. The number of thiophene rings is 1. The van der Waals surface area contributed by atoms with Gasteiger partial charge in [-0.15, -0.1) is 11.3 Å². The zero-order valence-corrected chi connectivity index (χ0v) is 13.7. The molecule has 0 saturated heterocycles. The second-order valence-corrected chi connectivity index (χ2v) is 6.11. The van der Waals surface area contributed by atoms with Gasteiger partial charge < -0.3 is 0 Å². The fraction of sp³-hybridized carbons (Fsp3) is 0.0714. The van der Waals surface area contributed by atoms with Crippen LogP contribution in [0.4, 0.5) is 5.69 Å². The molecule has 0 aliphatic carbocycles. The number of hydrogen-bond donors (Lipinski definition) is 1. The van der Waals surface area contributed by atoms with Crippen LogP contribution in [0.2, 0.25) is 5.02 Å². The summed E-state index contributed by atoms with van der Waals surface area (Å²) in [4.78, 5) is 39.7. The van der Waals surface area contributed by atoms with Crippen molar-refractivity contribution in [3.63, 3.8) is 0 Å². The number of fused-ring (bicyclic) bond motifs is 1. The number of nitrogens with zero attached hydrogens (tertiary/aromatic N) is 3. The number of amides is 1. The van der Waals surface area contributed by atoms with Gasteiger partial charge in [0, 0.05) is 11.6 Å². The number of benzene rings is 1. The van der Waals surface area contributed by atoms with Crippen molar-refractivity contribution in [2.45, 2.75) is 6.92 Å². The van der Waals surface area contributed by atoms with Gasteiger partial charge in [0.25, 0.3) is 17.2 Å². The lowest BCUT2D eigenvalue weighted by Crippen LogP contribution is -2.35. The summed E-state index contributed by atoms with van der Waals surface area (Å²) in [6.45, 7) is 1.57. The summed E-state index contributed by atoms with van der Waals surface area (Å²) >= 11 is 7.04. The Labute approximate surface area is 143 Å². The molecule has 0 bridgehead atoms. The lowest BCUT2D eigenvalue weighted by atomic mass is 10.2. The molecule has 122 valence electrons. The van der Waals surface area contributed by atoms with Crippen molar-refractivity contribution in [3.05, 3.63) is 66.5 Å². The van der Waals surface area contributed by atoms with E-state index in [0.29, 0.717) is 16.0 Å². The molecule has 1 N–H and O–H groups in total. The van der Waals surface area contributed by atoms with E-state index < -0.39 is 16.4 Å². The Morgan fingerprint density at radius 1 is 1.42 bits per heavy atom. The first-order valence-electron chi connectivity index (χ1n) is 6.60. The minimum Gasteiger partial charge on any atom is -0.267 e. The number of rotatable bonds is 3. The molecule has 0 spiro atoms. The third-order valence-corrected chi connectivity index (χ3v) is 4.41. The molecule has 1 aromatic carbocycles. The highest BCUT2D eigenvalue weighted by Gasteiger charge is 2.18. The van der Waals surface area contributed by atoms with E-state index in [-0.39, 0.29) is 16.3 Å². The van der Waals surface area contributed by atoms with Crippen LogP contribution in [0.3, 0.4) is 0 Å². The topological polar surface area (TPSA) is 107 Å². The molecule has 1 amide bonds. The fourth-order valence-electron chi connectivity index (χ4n) is 2.11. The monoisotopic (exact) mass is 364 g/mol. The van der Waals surface area contributed by atoms with Crippen molar-refractivity contribution in [3.8, 4) is 0 Å². The number of aryl methyl sites for hydroxylation is 1. The van der Waals surface area contributed by atoms with Gasteiger partial charge in [0.15, 0.2) is 0 Å². The highest BCUT2D eigenvalue weighted by molar-refractivity contribution is 7.16. The maximum atomic E-state index is 12.4. The summed E-state index contributed by atoms with van der Waals surface area (Å²) < 4.78 is 1.01. The van der Waals surface area contributed by atoms with Crippen molar-refractivity contribution in [2.75, 3.05) is 5.43 Å². The SMILES string of the molecule is Cc1nc2sccc2c(=O)n1NC(=O)c1ccc(Cl)c([N+](=O)[O-])c1. The average Bonchev–Trinajstić information content (AvgIpc) is 2.99. The van der Waals surface area contributed by atoms with Crippen LogP contribution in [0.25, 0.3) is 10.2 Å². The molecule has 0 radical (unpaired) electrons. The molecule has 8 nitrogen and oxygen atoms in total. The zero-order chi connectivity index (χ0) is 17.4. The summed E-state index contributed by atoms with van der Waals surface area (Å²) in [6, 6.07) is 5.26. The molecule has 0 aliphatic heterocycles. The second kappa shape index (κ2) is 6.02. The number of carbonyl (C=O) groups is 1. The number of nitrogens with one attached hydrogen (secondary N) is 1. The van der Waals surface area contributed by atoms with E-state index >= 15 is 0 Å². The Morgan fingerprint density at radius 2 is 2.17 bits per heavy atom. The zero-order valence-electron chi connectivity index (χ0n) is 12.1. The van der Waals surface area contributed by atoms with Crippen LogP contribution in [-0.2, 0) is 0 Å². The standard InChI is InChI=1S/C14H9ClN4O4S/c1-7-16-13-9(4-5-24-13)14(21)18(7)17-12(20)8-2-3-10(15)11(6-8)19(22)23/h2-6H,1H3,(H,17,20). The second-order valence-electron chi connectivity index (χ2n) is 4.80. The number of nitro benzene ring substituents is 1. The number of carbonyl (C=O) groups excluding carboxylic acids is 1. The third kappa shape index (κ3) is 2.74. The van der Waals surface area contributed by atoms with Crippen LogP contribution in [0, 0.1) is 17.0 Å². The molecule has 24 heavy (non-hydrogen) atoms. The third-order valence-electron chi connectivity index (χ3n) is 3.28. The quantitative estimate of drug-likeness (QED) is 0.568. The number of nitro groups is 1. The van der Waals surface area contributed by atoms with E-state index in [2.05, 4.69) is 10.4 Å². The summed E-state index contributed by atoms with van der Waals surface area (Å²) in [7, 11) is 0. The molecule has 3 rings (SSSR count). The van der Waals surface area contributed by atoms with Crippen molar-refractivity contribution in [1.29, 1.82) is 0 Å². The minimum absolute atomic E-state index is 0.00261. The Kier molecular flexibility index (Phi) is 4.04. The fourth-order valence-corrected chi connectivity index (χ4v) is 3.09. The highest BCUT2D eigenvalue weighted by Crippen LogP contribution is 2.25. The van der Waals surface area contributed by atoms with Gasteiger partial charge >= 0.3 is 0 Å². The maximum Gasteiger partial charge on any atom is 0.288 e. The summed E-state index contributed by atoms with van der Waals surface area (Å²) in [5, 5.41) is 12.9. The number of aromatic nitrogens is 2. The van der Waals surface area contributed by atoms with Gasteiger partial charge in [-0.1, -0.05) is 11.6 Å². The van der Waals surface area contributed by atoms with Gasteiger partial charge in [0.1, 0.15) is 15.7 Å². The van der Waals surface area contributed by atoms with Crippen LogP contribution in [0.1, 0.15) is 16.2 Å². The molecule has 0 saturated carbocycles. The van der Waals surface area contributed by atoms with E-state index in [1.807, 2.05) is 0 Å². The van der Waals surface area contributed by atoms with Crippen molar-refractivity contribution in [2.24, 2.45) is 0 Å². The van der Waals surface area contributed by atoms with Crippen LogP contribution in [-0.4, -0.2) is 20.5 Å². The molecule has 0 fully saturated rings. The van der Waals surface area contributed by atoms with E-state index in [1.165, 1.54) is 23.5 Å². The summed E-state index contributed by atoms with van der Waals surface area (Å²) in [6.07, 6.45) is 0. The molecular weight excluding hydrogens is 356 g/mol. The summed E-state index contributed by atoms with van der Waals surface area (Å²) in [5.41, 5.74) is 1.60. The van der Waals surface area contributed by atoms with Crippen LogP contribution in [0.15, 0.2) is 34.4 Å². The Balaban J connectivity index is 2.00. The van der Waals surface area contributed by atoms with E-state index in [0.717, 1.165) is 10.7 Å². The van der Waals surface area contributed by atoms with Gasteiger partial charge in [0.05, 0.1) is 10.3 Å². The van der Waals surface area contributed by atoms with Gasteiger partial charge in [-0.05, 0) is 30.5 Å². The highest BCUT2D eigenvalue weighted by atomic mass is 35.5. The maximum absolute atomic E-state index is 12.4. The Hall–Kier alpha value is -2.78. The first kappa shape index (κ1) is 16.1. The largest absolute Gasteiger partial charge is 0.288 e. The lowest BCUT2D eigenvalue weighted by molar-refractivity contribution is -0.384. The average molecular weight is 365 g/mol. The Bertz CT molecular complexity index is 1040. The van der Waals surface area contributed by atoms with Gasteiger partial charge in [-0.3, -0.25) is 25.1 Å². The molecule has 2 aromatic heterocycles. The predicted octanol–water partition coefficient (Wildman–Crippen LogP) is 2.71. The molecule has 3 aromatic rings. The normalized spacial score (nSPS) is 10.8. The number of hydrogen-bond acceptors (Lipinski definition) is 6. The molecule has 10 heteroatoms.